The number of nitrogens with one attached hydrogen (secondary N) is 1. The van der Waals surface area contributed by atoms with Crippen LogP contribution in [0.3, 0.4) is 0 Å². The Morgan fingerprint density at radius 3 is 2.75 bits per heavy atom. The van der Waals surface area contributed by atoms with Gasteiger partial charge in [-0.3, -0.25) is 0 Å². The van der Waals surface area contributed by atoms with Crippen LogP contribution in [-0.4, -0.2) is 25.2 Å². The Kier molecular flexibility index (Phi) is 4.23. The second-order valence-electron chi connectivity index (χ2n) is 6.47. The molecule has 3 rings (SSSR count). The van der Waals surface area contributed by atoms with E-state index in [-0.39, 0.29) is 0 Å². The van der Waals surface area contributed by atoms with Crippen LogP contribution in [0.4, 0.5) is 5.69 Å². The van der Waals surface area contributed by atoms with Crippen molar-refractivity contribution in [3.63, 3.8) is 0 Å². The maximum Gasteiger partial charge on any atom is 0.0426 e. The third-order valence-electron chi connectivity index (χ3n) is 4.92. The lowest BCUT2D eigenvalue weighted by Crippen LogP contribution is -2.52. The third-order valence-corrected chi connectivity index (χ3v) is 5.16. The number of hydrogen-bond acceptors (Lipinski definition) is 2. The van der Waals surface area contributed by atoms with Crippen molar-refractivity contribution >= 4 is 17.3 Å². The van der Waals surface area contributed by atoms with E-state index < -0.39 is 0 Å². The molecule has 0 radical (unpaired) electrons. The summed E-state index contributed by atoms with van der Waals surface area (Å²) in [7, 11) is 0. The highest BCUT2D eigenvalue weighted by Crippen LogP contribution is 2.33. The molecule has 1 aromatic carbocycles. The molecule has 20 heavy (non-hydrogen) atoms. The lowest BCUT2D eigenvalue weighted by molar-refractivity contribution is 0.246. The van der Waals surface area contributed by atoms with Gasteiger partial charge in [0.25, 0.3) is 0 Å². The number of aryl methyl sites for hydroxylation is 1. The minimum absolute atomic E-state index is 0.337. The van der Waals surface area contributed by atoms with Gasteiger partial charge >= 0.3 is 0 Å². The fourth-order valence-electron chi connectivity index (χ4n) is 3.82. The van der Waals surface area contributed by atoms with Crippen molar-refractivity contribution in [2.24, 2.45) is 0 Å². The van der Waals surface area contributed by atoms with E-state index in [0.29, 0.717) is 5.54 Å². The van der Waals surface area contributed by atoms with E-state index in [1.54, 1.807) is 0 Å². The monoisotopic (exact) mass is 292 g/mol. The molecule has 1 saturated heterocycles. The highest BCUT2D eigenvalue weighted by molar-refractivity contribution is 6.30. The average molecular weight is 293 g/mol. The molecule has 110 valence electrons. The van der Waals surface area contributed by atoms with Crippen LogP contribution < -0.4 is 10.2 Å². The first-order valence-corrected chi connectivity index (χ1v) is 8.33. The van der Waals surface area contributed by atoms with Crippen molar-refractivity contribution in [1.82, 2.24) is 5.32 Å². The fraction of sp³-hybridized carbons (Fsp3) is 0.647. The van der Waals surface area contributed by atoms with Gasteiger partial charge in [0.2, 0.25) is 0 Å². The van der Waals surface area contributed by atoms with Gasteiger partial charge < -0.3 is 10.2 Å². The molecule has 2 fully saturated rings. The first-order valence-electron chi connectivity index (χ1n) is 7.95. The molecule has 0 amide bonds. The predicted molar refractivity (Wildman–Crippen MR) is 86.8 cm³/mol. The van der Waals surface area contributed by atoms with Crippen LogP contribution in [0.15, 0.2) is 18.2 Å². The summed E-state index contributed by atoms with van der Waals surface area (Å²) < 4.78 is 0. The zero-order valence-electron chi connectivity index (χ0n) is 12.4. The zero-order chi connectivity index (χ0) is 14.0. The molecule has 0 aromatic heterocycles. The second kappa shape index (κ2) is 5.95. The smallest absolute Gasteiger partial charge is 0.0426 e. The summed E-state index contributed by atoms with van der Waals surface area (Å²) in [6.07, 6.45) is 8.00. The van der Waals surface area contributed by atoms with Crippen LogP contribution >= 0.6 is 11.6 Å². The number of nitrogens with zero attached hydrogens (tertiary/aromatic N) is 1. The maximum atomic E-state index is 6.21. The van der Waals surface area contributed by atoms with Crippen LogP contribution in [0.2, 0.25) is 5.02 Å². The Morgan fingerprint density at radius 1 is 1.15 bits per heavy atom. The molecule has 0 bridgehead atoms. The Balaban J connectivity index is 1.86. The Bertz CT molecular complexity index is 466. The molecule has 1 aromatic rings. The van der Waals surface area contributed by atoms with E-state index in [9.17, 15) is 0 Å². The number of anilines is 1. The van der Waals surface area contributed by atoms with E-state index in [2.05, 4.69) is 29.3 Å². The molecule has 0 unspecified atom stereocenters. The standard InChI is InChI=1S/C17H25ClN2/c1-14-6-7-15(18)12-16(14)20-11-5-10-19-17(13-20)8-3-2-4-9-17/h6-7,12,19H,2-5,8-11,13H2,1H3. The predicted octanol–water partition coefficient (Wildman–Crippen LogP) is 4.15. The number of rotatable bonds is 1. The minimum Gasteiger partial charge on any atom is -0.369 e. The lowest BCUT2D eigenvalue weighted by Gasteiger charge is -2.41. The van der Waals surface area contributed by atoms with Crippen molar-refractivity contribution in [3.8, 4) is 0 Å². The van der Waals surface area contributed by atoms with Crippen molar-refractivity contribution < 1.29 is 0 Å². The Hall–Kier alpha value is -0.730. The van der Waals surface area contributed by atoms with Crippen LogP contribution in [0.25, 0.3) is 0 Å². The SMILES string of the molecule is Cc1ccc(Cl)cc1N1CCCNC2(CCCCC2)C1. The molecule has 1 spiro atoms. The Morgan fingerprint density at radius 2 is 1.95 bits per heavy atom. The van der Waals surface area contributed by atoms with E-state index in [4.69, 9.17) is 11.6 Å². The molecule has 2 aliphatic rings. The number of hydrogen-bond donors (Lipinski definition) is 1. The molecule has 2 nitrogen and oxygen atoms in total. The summed E-state index contributed by atoms with van der Waals surface area (Å²) in [5.74, 6) is 0. The second-order valence-corrected chi connectivity index (χ2v) is 6.91. The highest BCUT2D eigenvalue weighted by atomic mass is 35.5. The normalized spacial score (nSPS) is 22.8. The zero-order valence-corrected chi connectivity index (χ0v) is 13.2. The van der Waals surface area contributed by atoms with E-state index in [1.165, 1.54) is 49.8 Å². The van der Waals surface area contributed by atoms with E-state index in [0.717, 1.165) is 24.7 Å². The molecular formula is C17H25ClN2. The van der Waals surface area contributed by atoms with Gasteiger partial charge in [-0.15, -0.1) is 0 Å². The average Bonchev–Trinajstić information content (AvgIpc) is 2.65. The van der Waals surface area contributed by atoms with Crippen LogP contribution in [0.5, 0.6) is 0 Å². The molecule has 0 atom stereocenters. The van der Waals surface area contributed by atoms with Gasteiger partial charge in [0.05, 0.1) is 0 Å². The molecule has 1 aliphatic heterocycles. The van der Waals surface area contributed by atoms with Gasteiger partial charge in [-0.2, -0.15) is 0 Å². The molecule has 1 heterocycles. The van der Waals surface area contributed by atoms with Gasteiger partial charge in [-0.1, -0.05) is 36.9 Å². The summed E-state index contributed by atoms with van der Waals surface area (Å²) in [6.45, 7) is 5.61. The van der Waals surface area contributed by atoms with E-state index in [1.807, 2.05) is 6.07 Å². The van der Waals surface area contributed by atoms with Gasteiger partial charge in [-0.25, -0.2) is 0 Å². The first-order chi connectivity index (χ1) is 9.69. The summed E-state index contributed by atoms with van der Waals surface area (Å²) in [5.41, 5.74) is 3.00. The summed E-state index contributed by atoms with van der Waals surface area (Å²) >= 11 is 6.21. The van der Waals surface area contributed by atoms with Crippen LogP contribution in [-0.2, 0) is 0 Å². The lowest BCUT2D eigenvalue weighted by atomic mass is 9.81. The third kappa shape index (κ3) is 2.96. The summed E-state index contributed by atoms with van der Waals surface area (Å²) in [4.78, 5) is 2.56. The van der Waals surface area contributed by atoms with Gasteiger partial charge in [-0.05, 0) is 50.4 Å². The minimum atomic E-state index is 0.337. The molecule has 1 N–H and O–H groups in total. The van der Waals surface area contributed by atoms with Gasteiger partial charge in [0.1, 0.15) is 0 Å². The highest BCUT2D eigenvalue weighted by Gasteiger charge is 2.35. The summed E-state index contributed by atoms with van der Waals surface area (Å²) in [5, 5.41) is 4.70. The van der Waals surface area contributed by atoms with E-state index >= 15 is 0 Å². The fourth-order valence-corrected chi connectivity index (χ4v) is 3.98. The molecule has 1 saturated carbocycles. The van der Waals surface area contributed by atoms with Gasteiger partial charge in [0.15, 0.2) is 0 Å². The molecule has 1 aliphatic carbocycles. The number of benzene rings is 1. The first kappa shape index (κ1) is 14.2. The van der Waals surface area contributed by atoms with Crippen LogP contribution in [0.1, 0.15) is 44.1 Å². The molecule has 3 heteroatoms. The Labute approximate surface area is 127 Å². The largest absolute Gasteiger partial charge is 0.369 e. The quantitative estimate of drug-likeness (QED) is 0.836. The van der Waals surface area contributed by atoms with Crippen LogP contribution in [0, 0.1) is 6.92 Å². The van der Waals surface area contributed by atoms with Crippen molar-refractivity contribution in [2.45, 2.75) is 51.0 Å². The summed E-state index contributed by atoms with van der Waals surface area (Å²) in [6, 6.07) is 6.27. The molecular weight excluding hydrogens is 268 g/mol. The van der Waals surface area contributed by atoms with Gasteiger partial charge in [0, 0.05) is 29.3 Å². The topological polar surface area (TPSA) is 15.3 Å². The van der Waals surface area contributed by atoms with Crippen molar-refractivity contribution in [3.05, 3.63) is 28.8 Å². The number of halogens is 1. The van der Waals surface area contributed by atoms with Crippen molar-refractivity contribution in [2.75, 3.05) is 24.5 Å². The maximum absolute atomic E-state index is 6.21. The van der Waals surface area contributed by atoms with Crippen molar-refractivity contribution in [1.29, 1.82) is 0 Å².